The lowest BCUT2D eigenvalue weighted by molar-refractivity contribution is 0.0727. The average Bonchev–Trinajstić information content (AvgIpc) is 3.41. The first-order valence-electron chi connectivity index (χ1n) is 10.6. The molecular weight excluding hydrogens is 408 g/mol. The number of fused-ring (bicyclic) bond motifs is 2. The summed E-state index contributed by atoms with van der Waals surface area (Å²) in [6.45, 7) is 2.73. The molecule has 1 amide bonds. The van der Waals surface area contributed by atoms with Crippen molar-refractivity contribution in [3.05, 3.63) is 87.3 Å². The largest absolute Gasteiger partial charge is 0.488 e. The lowest BCUT2D eigenvalue weighted by Gasteiger charge is -2.22. The molecule has 2 aliphatic rings. The smallest absolute Gasteiger partial charge is 0.263 e. The van der Waals surface area contributed by atoms with Gasteiger partial charge in [0.2, 0.25) is 6.79 Å². The molecule has 7 nitrogen and oxygen atoms in total. The minimum atomic E-state index is -0.310. The zero-order chi connectivity index (χ0) is 22.2. The van der Waals surface area contributed by atoms with E-state index in [0.717, 1.165) is 23.3 Å². The Balaban J connectivity index is 1.34. The van der Waals surface area contributed by atoms with Crippen molar-refractivity contribution in [2.75, 3.05) is 20.4 Å². The highest BCUT2D eigenvalue weighted by atomic mass is 16.7. The number of hydrogen-bond acceptors (Lipinski definition) is 5. The summed E-state index contributed by atoms with van der Waals surface area (Å²) in [4.78, 5) is 28.0. The summed E-state index contributed by atoms with van der Waals surface area (Å²) in [6.07, 6.45) is 2.34. The van der Waals surface area contributed by atoms with Crippen LogP contribution in [0.1, 0.15) is 27.0 Å². The van der Waals surface area contributed by atoms with Crippen LogP contribution in [0.5, 0.6) is 17.2 Å². The first-order valence-corrected chi connectivity index (χ1v) is 10.6. The van der Waals surface area contributed by atoms with Crippen LogP contribution in [-0.4, -0.2) is 41.9 Å². The van der Waals surface area contributed by atoms with E-state index in [1.165, 1.54) is 0 Å². The van der Waals surface area contributed by atoms with Crippen LogP contribution >= 0.6 is 0 Å². The van der Waals surface area contributed by atoms with Crippen molar-refractivity contribution >= 4 is 5.91 Å². The van der Waals surface area contributed by atoms with Crippen LogP contribution in [-0.2, 0) is 13.0 Å². The summed E-state index contributed by atoms with van der Waals surface area (Å²) in [5.41, 5.74) is 2.57. The van der Waals surface area contributed by atoms with Crippen molar-refractivity contribution < 1.29 is 19.0 Å². The Morgan fingerprint density at radius 1 is 1.09 bits per heavy atom. The molecule has 0 radical (unpaired) electrons. The lowest BCUT2D eigenvalue weighted by Crippen LogP contribution is -2.40. The third kappa shape index (κ3) is 3.70. The molecule has 0 N–H and O–H groups in total. The van der Waals surface area contributed by atoms with Crippen molar-refractivity contribution in [3.8, 4) is 17.2 Å². The number of nitrogens with zero attached hydrogens (tertiary/aromatic N) is 2. The van der Waals surface area contributed by atoms with Crippen LogP contribution in [0.4, 0.5) is 0 Å². The molecule has 7 heteroatoms. The highest BCUT2D eigenvalue weighted by molar-refractivity contribution is 5.95. The first kappa shape index (κ1) is 20.2. The number of benzene rings is 2. The number of amides is 1. The predicted molar refractivity (Wildman–Crippen MR) is 119 cm³/mol. The molecule has 0 fully saturated rings. The van der Waals surface area contributed by atoms with E-state index < -0.39 is 0 Å². The molecule has 2 aromatic carbocycles. The van der Waals surface area contributed by atoms with E-state index in [-0.39, 0.29) is 29.9 Å². The van der Waals surface area contributed by atoms with E-state index in [4.69, 9.17) is 14.2 Å². The molecule has 164 valence electrons. The summed E-state index contributed by atoms with van der Waals surface area (Å²) in [6, 6.07) is 15.3. The molecule has 32 heavy (non-hydrogen) atoms. The number of aryl methyl sites for hydroxylation is 1. The highest BCUT2D eigenvalue weighted by Gasteiger charge is 2.27. The fraction of sp³-hybridized carbons (Fsp3) is 0.280. The molecular formula is C25H24N2O5. The number of ether oxygens (including phenoxy) is 3. The molecule has 1 atom stereocenters. The number of carbonyl (C=O) groups excluding carboxylic acids is 1. The fourth-order valence-corrected chi connectivity index (χ4v) is 4.22. The lowest BCUT2D eigenvalue weighted by atomic mass is 10.1. The van der Waals surface area contributed by atoms with Crippen molar-refractivity contribution in [2.45, 2.75) is 26.0 Å². The van der Waals surface area contributed by atoms with Crippen molar-refractivity contribution in [2.24, 2.45) is 0 Å². The van der Waals surface area contributed by atoms with Gasteiger partial charge in [0.1, 0.15) is 17.4 Å². The molecule has 3 heterocycles. The number of hydrogen-bond donors (Lipinski definition) is 0. The highest BCUT2D eigenvalue weighted by Crippen LogP contribution is 2.32. The van der Waals surface area contributed by atoms with E-state index in [0.29, 0.717) is 30.2 Å². The van der Waals surface area contributed by atoms with E-state index in [2.05, 4.69) is 0 Å². The normalized spacial score (nSPS) is 15.9. The van der Waals surface area contributed by atoms with E-state index in [1.807, 2.05) is 42.5 Å². The predicted octanol–water partition coefficient (Wildman–Crippen LogP) is 3.01. The van der Waals surface area contributed by atoms with Crippen molar-refractivity contribution in [1.82, 2.24) is 9.47 Å². The fourth-order valence-electron chi connectivity index (χ4n) is 4.22. The molecule has 1 aromatic heterocycles. The maximum absolute atomic E-state index is 13.2. The third-order valence-corrected chi connectivity index (χ3v) is 5.92. The minimum absolute atomic E-state index is 0.124. The maximum Gasteiger partial charge on any atom is 0.263 e. The monoisotopic (exact) mass is 432 g/mol. The standard InChI is InChI=1S/C25H24N2O5/c1-16-9-10-27(13-17-7-8-21-22(11-17)31-15-30-21)25(29)23(16)24(28)26(2)14-19-12-18-5-3-4-6-20(18)32-19/h3-11,19H,12-15H2,1-2H3. The minimum Gasteiger partial charge on any atom is -0.488 e. The summed E-state index contributed by atoms with van der Waals surface area (Å²) >= 11 is 0. The molecule has 5 rings (SSSR count). The van der Waals surface area contributed by atoms with Gasteiger partial charge < -0.3 is 23.7 Å². The van der Waals surface area contributed by atoms with Gasteiger partial charge in [-0.2, -0.15) is 0 Å². The maximum atomic E-state index is 13.2. The summed E-state index contributed by atoms with van der Waals surface area (Å²) < 4.78 is 18.3. The Hall–Kier alpha value is -3.74. The average molecular weight is 432 g/mol. The number of rotatable bonds is 5. The summed E-state index contributed by atoms with van der Waals surface area (Å²) in [5.74, 6) is 1.92. The van der Waals surface area contributed by atoms with Gasteiger partial charge in [0.15, 0.2) is 11.5 Å². The second-order valence-electron chi connectivity index (χ2n) is 8.23. The van der Waals surface area contributed by atoms with Gasteiger partial charge in [-0.15, -0.1) is 0 Å². The van der Waals surface area contributed by atoms with Gasteiger partial charge in [-0.3, -0.25) is 9.59 Å². The van der Waals surface area contributed by atoms with Crippen molar-refractivity contribution in [3.63, 3.8) is 0 Å². The molecule has 0 saturated heterocycles. The van der Waals surface area contributed by atoms with Gasteiger partial charge in [0, 0.05) is 19.7 Å². The molecule has 3 aromatic rings. The van der Waals surface area contributed by atoms with Gasteiger partial charge in [-0.1, -0.05) is 24.3 Å². The number of pyridine rings is 1. The second-order valence-corrected chi connectivity index (χ2v) is 8.23. The van der Waals surface area contributed by atoms with Crippen molar-refractivity contribution in [1.29, 1.82) is 0 Å². The second kappa shape index (κ2) is 8.07. The van der Waals surface area contributed by atoms with E-state index in [1.54, 1.807) is 35.7 Å². The van der Waals surface area contributed by atoms with Gasteiger partial charge >= 0.3 is 0 Å². The first-order chi connectivity index (χ1) is 15.5. The Morgan fingerprint density at radius 3 is 2.75 bits per heavy atom. The molecule has 2 aliphatic heterocycles. The Labute approximate surface area is 185 Å². The number of aromatic nitrogens is 1. The SMILES string of the molecule is Cc1ccn(Cc2ccc3c(c2)OCO3)c(=O)c1C(=O)N(C)CC1Cc2ccccc2O1. The van der Waals surface area contributed by atoms with Crippen LogP contribution < -0.4 is 19.8 Å². The van der Waals surface area contributed by atoms with Gasteiger partial charge in [-0.05, 0) is 47.9 Å². The number of para-hydroxylation sites is 1. The molecule has 0 bridgehead atoms. The topological polar surface area (TPSA) is 70.0 Å². The Kier molecular flexibility index (Phi) is 5.09. The Morgan fingerprint density at radius 2 is 1.91 bits per heavy atom. The molecule has 0 aliphatic carbocycles. The van der Waals surface area contributed by atoms with Gasteiger partial charge in [0.25, 0.3) is 11.5 Å². The van der Waals surface area contributed by atoms with Crippen LogP contribution in [0.15, 0.2) is 59.5 Å². The zero-order valence-corrected chi connectivity index (χ0v) is 18.0. The van der Waals surface area contributed by atoms with Crippen LogP contribution in [0.25, 0.3) is 0 Å². The van der Waals surface area contributed by atoms with Crippen LogP contribution in [0.3, 0.4) is 0 Å². The van der Waals surface area contributed by atoms with Crippen LogP contribution in [0.2, 0.25) is 0 Å². The van der Waals surface area contributed by atoms with Gasteiger partial charge in [0.05, 0.1) is 13.1 Å². The summed E-state index contributed by atoms with van der Waals surface area (Å²) in [7, 11) is 1.71. The van der Waals surface area contributed by atoms with E-state index in [9.17, 15) is 9.59 Å². The molecule has 1 unspecified atom stereocenters. The quantitative estimate of drug-likeness (QED) is 0.620. The number of likely N-dealkylation sites (N-methyl/N-ethyl adjacent to an activating group) is 1. The van der Waals surface area contributed by atoms with Gasteiger partial charge in [-0.25, -0.2) is 0 Å². The van der Waals surface area contributed by atoms with Crippen LogP contribution in [0, 0.1) is 6.92 Å². The zero-order valence-electron chi connectivity index (χ0n) is 18.0. The van der Waals surface area contributed by atoms with E-state index >= 15 is 0 Å². The number of carbonyl (C=O) groups is 1. The molecule has 0 spiro atoms. The Bertz CT molecular complexity index is 1220. The molecule has 0 saturated carbocycles. The summed E-state index contributed by atoms with van der Waals surface area (Å²) in [5, 5.41) is 0. The third-order valence-electron chi connectivity index (χ3n) is 5.92.